The molecule has 0 saturated carbocycles. The highest BCUT2D eigenvalue weighted by atomic mass is 16.5. The Labute approximate surface area is 116 Å². The summed E-state index contributed by atoms with van der Waals surface area (Å²) in [4.78, 5) is 0. The Bertz CT molecular complexity index is 410. The summed E-state index contributed by atoms with van der Waals surface area (Å²) in [5.74, 6) is 1.07. The van der Waals surface area contributed by atoms with E-state index in [-0.39, 0.29) is 5.54 Å². The first-order chi connectivity index (χ1) is 9.04. The lowest BCUT2D eigenvalue weighted by Crippen LogP contribution is -2.40. The fourth-order valence-electron chi connectivity index (χ4n) is 2.28. The van der Waals surface area contributed by atoms with Gasteiger partial charge in [0.1, 0.15) is 5.75 Å². The Hall–Kier alpha value is -1.06. The maximum absolute atomic E-state index is 5.63. The molecule has 0 fully saturated rings. The summed E-state index contributed by atoms with van der Waals surface area (Å²) in [6, 6.07) is 6.55. The van der Waals surface area contributed by atoms with Crippen LogP contribution in [0.3, 0.4) is 0 Å². The van der Waals surface area contributed by atoms with Crippen molar-refractivity contribution in [1.29, 1.82) is 0 Å². The van der Waals surface area contributed by atoms with Crippen molar-refractivity contribution in [2.45, 2.75) is 45.7 Å². The molecule has 0 aliphatic carbocycles. The standard InChI is InChI=1S/C16H26N2O/c1-16(2,3)18-9-8-17-12-13-6-7-15-14(11-13)5-4-10-19-15/h6-7,11,17-18H,4-5,8-10,12H2,1-3H3. The molecule has 1 heterocycles. The average Bonchev–Trinajstić information content (AvgIpc) is 2.37. The lowest BCUT2D eigenvalue weighted by molar-refractivity contribution is 0.288. The van der Waals surface area contributed by atoms with Gasteiger partial charge in [0, 0.05) is 25.2 Å². The molecule has 1 aromatic carbocycles. The van der Waals surface area contributed by atoms with Crippen LogP contribution in [0.25, 0.3) is 0 Å². The molecule has 19 heavy (non-hydrogen) atoms. The second-order valence-corrected chi connectivity index (χ2v) is 6.25. The van der Waals surface area contributed by atoms with Crippen molar-refractivity contribution in [2.24, 2.45) is 0 Å². The Kier molecular flexibility index (Phi) is 4.83. The highest BCUT2D eigenvalue weighted by Crippen LogP contribution is 2.25. The van der Waals surface area contributed by atoms with Gasteiger partial charge in [-0.15, -0.1) is 0 Å². The Morgan fingerprint density at radius 3 is 2.84 bits per heavy atom. The fourth-order valence-corrected chi connectivity index (χ4v) is 2.28. The zero-order valence-corrected chi connectivity index (χ0v) is 12.4. The van der Waals surface area contributed by atoms with Crippen LogP contribution in [0, 0.1) is 0 Å². The van der Waals surface area contributed by atoms with Gasteiger partial charge in [-0.05, 0) is 50.8 Å². The number of ether oxygens (including phenoxy) is 1. The van der Waals surface area contributed by atoms with Gasteiger partial charge < -0.3 is 15.4 Å². The van der Waals surface area contributed by atoms with Crippen molar-refractivity contribution in [2.75, 3.05) is 19.7 Å². The first-order valence-corrected chi connectivity index (χ1v) is 7.25. The number of nitrogens with one attached hydrogen (secondary N) is 2. The van der Waals surface area contributed by atoms with Crippen molar-refractivity contribution in [3.8, 4) is 5.75 Å². The van der Waals surface area contributed by atoms with E-state index in [9.17, 15) is 0 Å². The summed E-state index contributed by atoms with van der Waals surface area (Å²) in [7, 11) is 0. The molecular formula is C16H26N2O. The minimum Gasteiger partial charge on any atom is -0.493 e. The first kappa shape index (κ1) is 14.4. The molecule has 106 valence electrons. The van der Waals surface area contributed by atoms with E-state index in [0.29, 0.717) is 0 Å². The van der Waals surface area contributed by atoms with Crippen molar-refractivity contribution < 1.29 is 4.74 Å². The van der Waals surface area contributed by atoms with E-state index < -0.39 is 0 Å². The van der Waals surface area contributed by atoms with Gasteiger partial charge in [0.15, 0.2) is 0 Å². The molecule has 1 aliphatic heterocycles. The highest BCUT2D eigenvalue weighted by molar-refractivity contribution is 5.38. The summed E-state index contributed by atoms with van der Waals surface area (Å²) in [6.45, 7) is 10.4. The minimum atomic E-state index is 0.199. The predicted octanol–water partition coefficient (Wildman–Crippen LogP) is 2.49. The molecule has 0 radical (unpaired) electrons. The average molecular weight is 262 g/mol. The largest absolute Gasteiger partial charge is 0.493 e. The molecule has 0 unspecified atom stereocenters. The lowest BCUT2D eigenvalue weighted by Gasteiger charge is -2.21. The summed E-state index contributed by atoms with van der Waals surface area (Å²) >= 11 is 0. The van der Waals surface area contributed by atoms with E-state index in [2.05, 4.69) is 49.6 Å². The van der Waals surface area contributed by atoms with E-state index >= 15 is 0 Å². The molecule has 0 bridgehead atoms. The van der Waals surface area contributed by atoms with Crippen LogP contribution in [0.2, 0.25) is 0 Å². The second kappa shape index (κ2) is 6.40. The third-order valence-corrected chi connectivity index (χ3v) is 3.26. The molecule has 0 atom stereocenters. The van der Waals surface area contributed by atoms with Crippen LogP contribution in [-0.2, 0) is 13.0 Å². The Morgan fingerprint density at radius 2 is 2.05 bits per heavy atom. The van der Waals surface area contributed by atoms with E-state index in [0.717, 1.165) is 44.8 Å². The molecule has 0 amide bonds. The maximum Gasteiger partial charge on any atom is 0.122 e. The van der Waals surface area contributed by atoms with Gasteiger partial charge in [0.25, 0.3) is 0 Å². The fraction of sp³-hybridized carbons (Fsp3) is 0.625. The van der Waals surface area contributed by atoms with Gasteiger partial charge in [-0.1, -0.05) is 12.1 Å². The van der Waals surface area contributed by atoms with E-state index in [1.807, 2.05) is 0 Å². The SMILES string of the molecule is CC(C)(C)NCCNCc1ccc2c(c1)CCCO2. The molecule has 1 aliphatic rings. The summed E-state index contributed by atoms with van der Waals surface area (Å²) in [6.07, 6.45) is 2.29. The lowest BCUT2D eigenvalue weighted by atomic mass is 10.0. The number of hydrogen-bond donors (Lipinski definition) is 2. The quantitative estimate of drug-likeness (QED) is 0.800. The summed E-state index contributed by atoms with van der Waals surface area (Å²) < 4.78 is 5.63. The monoisotopic (exact) mass is 262 g/mol. The number of rotatable bonds is 5. The van der Waals surface area contributed by atoms with Crippen molar-refractivity contribution in [3.05, 3.63) is 29.3 Å². The van der Waals surface area contributed by atoms with Crippen LogP contribution in [0.5, 0.6) is 5.75 Å². The molecule has 0 saturated heterocycles. The predicted molar refractivity (Wildman–Crippen MR) is 79.7 cm³/mol. The van der Waals surface area contributed by atoms with Crippen molar-refractivity contribution in [3.63, 3.8) is 0 Å². The number of aryl methyl sites for hydroxylation is 1. The highest BCUT2D eigenvalue weighted by Gasteiger charge is 2.10. The van der Waals surface area contributed by atoms with Gasteiger partial charge in [0.2, 0.25) is 0 Å². The van der Waals surface area contributed by atoms with E-state index in [1.165, 1.54) is 11.1 Å². The molecule has 2 rings (SSSR count). The molecular weight excluding hydrogens is 236 g/mol. The van der Waals surface area contributed by atoms with Gasteiger partial charge in [-0.25, -0.2) is 0 Å². The van der Waals surface area contributed by atoms with Gasteiger partial charge in [0.05, 0.1) is 6.61 Å². The first-order valence-electron chi connectivity index (χ1n) is 7.25. The van der Waals surface area contributed by atoms with Crippen LogP contribution in [0.15, 0.2) is 18.2 Å². The summed E-state index contributed by atoms with van der Waals surface area (Å²) in [5.41, 5.74) is 2.91. The van der Waals surface area contributed by atoms with Crippen LogP contribution < -0.4 is 15.4 Å². The molecule has 1 aromatic rings. The third kappa shape index (κ3) is 4.84. The zero-order valence-electron chi connectivity index (χ0n) is 12.4. The second-order valence-electron chi connectivity index (χ2n) is 6.25. The van der Waals surface area contributed by atoms with Crippen LogP contribution in [0.1, 0.15) is 38.3 Å². The van der Waals surface area contributed by atoms with Crippen molar-refractivity contribution in [1.82, 2.24) is 10.6 Å². The Balaban J connectivity index is 1.74. The summed E-state index contributed by atoms with van der Waals surface area (Å²) in [5, 5.41) is 6.95. The minimum absolute atomic E-state index is 0.199. The maximum atomic E-state index is 5.63. The molecule has 3 heteroatoms. The van der Waals surface area contributed by atoms with Crippen molar-refractivity contribution >= 4 is 0 Å². The van der Waals surface area contributed by atoms with E-state index in [4.69, 9.17) is 4.74 Å². The topological polar surface area (TPSA) is 33.3 Å². The molecule has 2 N–H and O–H groups in total. The van der Waals surface area contributed by atoms with Crippen LogP contribution in [0.4, 0.5) is 0 Å². The molecule has 0 aromatic heterocycles. The molecule has 3 nitrogen and oxygen atoms in total. The van der Waals surface area contributed by atoms with Crippen LogP contribution >= 0.6 is 0 Å². The number of hydrogen-bond acceptors (Lipinski definition) is 3. The van der Waals surface area contributed by atoms with Gasteiger partial charge >= 0.3 is 0 Å². The van der Waals surface area contributed by atoms with Gasteiger partial charge in [-0.3, -0.25) is 0 Å². The third-order valence-electron chi connectivity index (χ3n) is 3.26. The normalized spacial score (nSPS) is 14.9. The molecule has 0 spiro atoms. The number of fused-ring (bicyclic) bond motifs is 1. The van der Waals surface area contributed by atoms with Crippen LogP contribution in [-0.4, -0.2) is 25.2 Å². The smallest absolute Gasteiger partial charge is 0.122 e. The number of benzene rings is 1. The Morgan fingerprint density at radius 1 is 1.21 bits per heavy atom. The zero-order chi connectivity index (χ0) is 13.7. The van der Waals surface area contributed by atoms with Gasteiger partial charge in [-0.2, -0.15) is 0 Å². The van der Waals surface area contributed by atoms with E-state index in [1.54, 1.807) is 0 Å².